The molecule has 13 heavy (non-hydrogen) atoms. The molecule has 0 atom stereocenters. The first-order valence-electron chi connectivity index (χ1n) is 5.81. The summed E-state index contributed by atoms with van der Waals surface area (Å²) in [4.78, 5) is 14.2. The molecule has 1 saturated carbocycles. The van der Waals surface area contributed by atoms with Gasteiger partial charge in [0.2, 0.25) is 0 Å². The predicted molar refractivity (Wildman–Crippen MR) is 52.1 cm³/mol. The Morgan fingerprint density at radius 3 is 3.08 bits per heavy atom. The monoisotopic (exact) mass is 196 g/mol. The van der Waals surface area contributed by atoms with Crippen LogP contribution in [0.2, 0.25) is 0 Å². The first-order valence-corrected chi connectivity index (χ1v) is 5.19. The molecule has 0 N–H and O–H groups in total. The molecule has 1 aromatic rings. The van der Waals surface area contributed by atoms with Crippen LogP contribution in [0.3, 0.4) is 0 Å². The third kappa shape index (κ3) is 0.680. The topological polar surface area (TPSA) is 20.3 Å². The van der Waals surface area contributed by atoms with Crippen LogP contribution in [0.4, 0.5) is 0 Å². The molecule has 1 fully saturated rings. The SMILES string of the molecule is [2H]C([2H])([2H])N1C(=O)c2c(C)csc2C12CC2. The number of nitrogens with zero attached hydrogens (tertiary/aromatic N) is 1. The number of hydrogen-bond donors (Lipinski definition) is 0. The van der Waals surface area contributed by atoms with E-state index in [9.17, 15) is 4.79 Å². The quantitative estimate of drug-likeness (QED) is 0.622. The molecule has 0 unspecified atom stereocenters. The largest absolute Gasteiger partial charge is 0.331 e. The van der Waals surface area contributed by atoms with E-state index < -0.39 is 12.5 Å². The van der Waals surface area contributed by atoms with Gasteiger partial charge in [-0.1, -0.05) is 0 Å². The van der Waals surface area contributed by atoms with Crippen LogP contribution in [0, 0.1) is 6.92 Å². The van der Waals surface area contributed by atoms with Crippen LogP contribution >= 0.6 is 11.3 Å². The third-order valence-corrected chi connectivity index (χ3v) is 4.26. The second-order valence-corrected chi connectivity index (χ2v) is 4.67. The van der Waals surface area contributed by atoms with Crippen LogP contribution in [-0.2, 0) is 5.54 Å². The Balaban J connectivity index is 2.19. The summed E-state index contributed by atoms with van der Waals surface area (Å²) in [6, 6.07) is 0. The van der Waals surface area contributed by atoms with Gasteiger partial charge in [0.15, 0.2) is 0 Å². The van der Waals surface area contributed by atoms with E-state index >= 15 is 0 Å². The fraction of sp³-hybridized carbons (Fsp3) is 0.500. The molecule has 0 bridgehead atoms. The molecule has 1 amide bonds. The summed E-state index contributed by atoms with van der Waals surface area (Å²) in [6.45, 7) is -0.453. The van der Waals surface area contributed by atoms with Gasteiger partial charge in [-0.15, -0.1) is 11.3 Å². The number of thiophene rings is 1. The Hall–Kier alpha value is -0.830. The fourth-order valence-electron chi connectivity index (χ4n) is 2.03. The lowest BCUT2D eigenvalue weighted by molar-refractivity contribution is 0.0755. The molecule has 2 heterocycles. The highest BCUT2D eigenvalue weighted by Crippen LogP contribution is 2.58. The van der Waals surface area contributed by atoms with Crippen molar-refractivity contribution in [3.05, 3.63) is 21.4 Å². The normalized spacial score (nSPS) is 27.0. The fourth-order valence-corrected chi connectivity index (χ4v) is 3.32. The van der Waals surface area contributed by atoms with Crippen molar-refractivity contribution in [1.29, 1.82) is 0 Å². The average molecular weight is 196 g/mol. The van der Waals surface area contributed by atoms with Crippen molar-refractivity contribution >= 4 is 17.2 Å². The summed E-state index contributed by atoms with van der Waals surface area (Å²) in [6.07, 6.45) is 1.56. The number of amides is 1. The first-order chi connectivity index (χ1) is 7.38. The highest BCUT2D eigenvalue weighted by molar-refractivity contribution is 7.10. The van der Waals surface area contributed by atoms with Crippen molar-refractivity contribution in [2.75, 3.05) is 6.98 Å². The molecule has 0 radical (unpaired) electrons. The van der Waals surface area contributed by atoms with E-state index in [0.29, 0.717) is 5.56 Å². The van der Waals surface area contributed by atoms with E-state index in [0.717, 1.165) is 28.2 Å². The lowest BCUT2D eigenvalue weighted by Gasteiger charge is -2.18. The second kappa shape index (κ2) is 1.98. The molecule has 68 valence electrons. The molecule has 1 aliphatic carbocycles. The lowest BCUT2D eigenvalue weighted by Crippen LogP contribution is -2.28. The molecule has 0 saturated heterocycles. The standard InChI is InChI=1S/C10H11NOS/c1-6-5-13-8-7(6)9(12)11(2)10(8)3-4-10/h5H,3-4H2,1-2H3/i2D3. The van der Waals surface area contributed by atoms with Gasteiger partial charge in [-0.3, -0.25) is 4.79 Å². The molecule has 1 aliphatic heterocycles. The predicted octanol–water partition coefficient (Wildman–Crippen LogP) is 2.13. The Morgan fingerprint density at radius 2 is 2.46 bits per heavy atom. The third-order valence-electron chi connectivity index (χ3n) is 2.97. The summed E-state index contributed by atoms with van der Waals surface area (Å²) < 4.78 is 22.4. The molecule has 2 nitrogen and oxygen atoms in total. The second-order valence-electron chi connectivity index (χ2n) is 3.79. The lowest BCUT2D eigenvalue weighted by atomic mass is 10.1. The van der Waals surface area contributed by atoms with Gasteiger partial charge < -0.3 is 4.90 Å². The Kier molecular flexibility index (Phi) is 0.784. The minimum atomic E-state index is -2.32. The van der Waals surface area contributed by atoms with Gasteiger partial charge in [-0.05, 0) is 30.7 Å². The Labute approximate surface area is 85.4 Å². The summed E-state index contributed by atoms with van der Waals surface area (Å²) >= 11 is 1.52. The molecule has 1 spiro atoms. The summed E-state index contributed by atoms with van der Waals surface area (Å²) in [5.74, 6) is -0.314. The zero-order chi connectivity index (χ0) is 11.7. The molecular formula is C10H11NOS. The summed E-state index contributed by atoms with van der Waals surface area (Å²) in [7, 11) is 0. The van der Waals surface area contributed by atoms with Gasteiger partial charge in [0.05, 0.1) is 11.1 Å². The van der Waals surface area contributed by atoms with Crippen molar-refractivity contribution in [2.45, 2.75) is 25.3 Å². The minimum absolute atomic E-state index is 0.314. The minimum Gasteiger partial charge on any atom is -0.331 e. The number of carbonyl (C=O) groups excluding carboxylic acids is 1. The van der Waals surface area contributed by atoms with Gasteiger partial charge >= 0.3 is 0 Å². The Bertz CT molecular complexity index is 487. The van der Waals surface area contributed by atoms with Crippen molar-refractivity contribution < 1.29 is 8.91 Å². The maximum absolute atomic E-state index is 12.2. The number of hydrogen-bond acceptors (Lipinski definition) is 2. The maximum atomic E-state index is 12.2. The van der Waals surface area contributed by atoms with E-state index in [1.165, 1.54) is 11.3 Å². The number of rotatable bonds is 0. The molecule has 1 aromatic heterocycles. The van der Waals surface area contributed by atoms with Gasteiger partial charge in [0.25, 0.3) is 5.91 Å². The van der Waals surface area contributed by atoms with E-state index in [1.54, 1.807) is 0 Å². The molecule has 0 aromatic carbocycles. The van der Waals surface area contributed by atoms with Gasteiger partial charge in [0, 0.05) is 16.0 Å². The molecule has 2 aliphatic rings. The van der Waals surface area contributed by atoms with E-state index in [4.69, 9.17) is 4.11 Å². The van der Waals surface area contributed by atoms with Crippen molar-refractivity contribution in [3.63, 3.8) is 0 Å². The smallest absolute Gasteiger partial charge is 0.255 e. The highest BCUT2D eigenvalue weighted by Gasteiger charge is 2.57. The van der Waals surface area contributed by atoms with Crippen LogP contribution in [0.5, 0.6) is 0 Å². The first kappa shape index (κ1) is 5.15. The Morgan fingerprint density at radius 1 is 1.69 bits per heavy atom. The van der Waals surface area contributed by atoms with E-state index in [1.807, 2.05) is 12.3 Å². The van der Waals surface area contributed by atoms with Crippen molar-refractivity contribution in [3.8, 4) is 0 Å². The van der Waals surface area contributed by atoms with Crippen LogP contribution in [0.15, 0.2) is 5.38 Å². The van der Waals surface area contributed by atoms with Crippen molar-refractivity contribution in [1.82, 2.24) is 4.90 Å². The highest BCUT2D eigenvalue weighted by atomic mass is 32.1. The van der Waals surface area contributed by atoms with Crippen molar-refractivity contribution in [2.24, 2.45) is 0 Å². The van der Waals surface area contributed by atoms with Crippen LogP contribution < -0.4 is 0 Å². The van der Waals surface area contributed by atoms with Gasteiger partial charge in [0.1, 0.15) is 0 Å². The zero-order valence-corrected chi connectivity index (χ0v) is 8.07. The average Bonchev–Trinajstić information content (AvgIpc) is 2.72. The number of fused-ring (bicyclic) bond motifs is 2. The van der Waals surface area contributed by atoms with Gasteiger partial charge in [-0.25, -0.2) is 0 Å². The maximum Gasteiger partial charge on any atom is 0.255 e. The zero-order valence-electron chi connectivity index (χ0n) is 10.3. The van der Waals surface area contributed by atoms with Crippen LogP contribution in [-0.4, -0.2) is 17.8 Å². The summed E-state index contributed by atoms with van der Waals surface area (Å²) in [5.41, 5.74) is 1.05. The molecule has 3 heteroatoms. The van der Waals surface area contributed by atoms with E-state index in [2.05, 4.69) is 0 Å². The number of aryl methyl sites for hydroxylation is 1. The summed E-state index contributed by atoms with van der Waals surface area (Å²) in [5, 5.41) is 1.94. The van der Waals surface area contributed by atoms with Crippen LogP contribution in [0.25, 0.3) is 0 Å². The number of carbonyl (C=O) groups is 1. The van der Waals surface area contributed by atoms with E-state index in [-0.39, 0.29) is 5.91 Å². The molecule has 3 rings (SSSR count). The van der Waals surface area contributed by atoms with Crippen LogP contribution in [0.1, 0.15) is 37.8 Å². The van der Waals surface area contributed by atoms with Gasteiger partial charge in [-0.2, -0.15) is 0 Å². The molecular weight excluding hydrogens is 182 g/mol.